The summed E-state index contributed by atoms with van der Waals surface area (Å²) in [7, 11) is 0. The van der Waals surface area contributed by atoms with E-state index in [1.807, 2.05) is 0 Å². The van der Waals surface area contributed by atoms with E-state index < -0.39 is 42.1 Å². The highest BCUT2D eigenvalue weighted by atomic mass is 32.2. The van der Waals surface area contributed by atoms with Crippen LogP contribution in [0.5, 0.6) is 0 Å². The molecule has 5 N–H and O–H groups in total. The molecule has 2 aliphatic carbocycles. The molecule has 3 aromatic rings. The maximum absolute atomic E-state index is 13.7. The van der Waals surface area contributed by atoms with Crippen LogP contribution in [0.2, 0.25) is 0 Å². The number of rotatable bonds is 10. The van der Waals surface area contributed by atoms with Crippen molar-refractivity contribution in [3.8, 4) is 0 Å². The summed E-state index contributed by atoms with van der Waals surface area (Å²) >= 11 is 1.24. The summed E-state index contributed by atoms with van der Waals surface area (Å²) in [6.07, 6.45) is -2.76. The Morgan fingerprint density at radius 1 is 1.19 bits per heavy atom. The molecule has 2 aromatic heterocycles. The van der Waals surface area contributed by atoms with Gasteiger partial charge in [-0.2, -0.15) is 0 Å². The van der Waals surface area contributed by atoms with E-state index in [-0.39, 0.29) is 31.6 Å². The Kier molecular flexibility index (Phi) is 7.56. The van der Waals surface area contributed by atoms with Gasteiger partial charge in [-0.25, -0.2) is 23.4 Å². The van der Waals surface area contributed by atoms with Crippen molar-refractivity contribution >= 4 is 28.7 Å². The van der Waals surface area contributed by atoms with Crippen molar-refractivity contribution in [1.29, 1.82) is 0 Å². The number of anilines is 1. The van der Waals surface area contributed by atoms with Crippen molar-refractivity contribution in [3.63, 3.8) is 0 Å². The molecule has 11 nitrogen and oxygen atoms in total. The number of aromatic nitrogens is 5. The van der Waals surface area contributed by atoms with Crippen LogP contribution in [0.1, 0.15) is 37.3 Å². The van der Waals surface area contributed by atoms with Crippen molar-refractivity contribution in [3.05, 3.63) is 35.4 Å². The van der Waals surface area contributed by atoms with Gasteiger partial charge in [0.1, 0.15) is 12.2 Å². The third-order valence-corrected chi connectivity index (χ3v) is 7.67. The smallest absolute Gasteiger partial charge is 0.191 e. The van der Waals surface area contributed by atoms with Crippen LogP contribution in [0.25, 0.3) is 11.2 Å². The van der Waals surface area contributed by atoms with Gasteiger partial charge in [-0.1, -0.05) is 23.0 Å². The minimum atomic E-state index is -1.20. The number of aliphatic hydroxyl groups is 4. The minimum Gasteiger partial charge on any atom is -0.394 e. The molecule has 1 aromatic carbocycles. The monoisotopic (exact) mass is 538 g/mol. The van der Waals surface area contributed by atoms with E-state index >= 15 is 0 Å². The summed E-state index contributed by atoms with van der Waals surface area (Å²) < 4.78 is 34.0. The third-order valence-electron chi connectivity index (χ3n) is 6.58. The lowest BCUT2D eigenvalue weighted by Gasteiger charge is -2.17. The zero-order valence-electron chi connectivity index (χ0n) is 19.9. The number of hydrogen-bond donors (Lipinski definition) is 5. The molecule has 0 saturated heterocycles. The predicted octanol–water partition coefficient (Wildman–Crippen LogP) is 0.984. The van der Waals surface area contributed by atoms with E-state index in [1.54, 1.807) is 13.0 Å². The number of halogens is 2. The summed E-state index contributed by atoms with van der Waals surface area (Å²) in [5.74, 6) is -1.10. The molecule has 2 aliphatic rings. The average molecular weight is 539 g/mol. The van der Waals surface area contributed by atoms with Gasteiger partial charge in [-0.05, 0) is 31.0 Å². The Bertz CT molecular complexity index is 1270. The zero-order chi connectivity index (χ0) is 26.3. The molecule has 14 heteroatoms. The lowest BCUT2D eigenvalue weighted by atomic mass is 10.1. The second-order valence-corrected chi connectivity index (χ2v) is 10.4. The standard InChI is InChI=1S/C23H28F2N6O5S/c1-10(33)9-37-23-27-21(26-15-7-12(15)11-2-3-13(24)14(25)6-11)18-22(28-23)31(30-29-18)16-8-17(36-5-4-32)20(35)19(16)34/h2-3,6,10,12,15-17,19-20,32-35H,4-5,7-9H2,1H3,(H,26,27,28)/t10?,12-,15+,16+,17-,19-,20+/m0/s1. The first kappa shape index (κ1) is 26.1. The molecule has 5 rings (SSSR count). The van der Waals surface area contributed by atoms with Gasteiger partial charge in [-0.15, -0.1) is 5.10 Å². The average Bonchev–Trinajstić information content (AvgIpc) is 3.41. The predicted molar refractivity (Wildman–Crippen MR) is 129 cm³/mol. The lowest BCUT2D eigenvalue weighted by molar-refractivity contribution is -0.0629. The number of nitrogens with zero attached hydrogens (tertiary/aromatic N) is 5. The molecule has 1 unspecified atom stereocenters. The number of hydrogen-bond acceptors (Lipinski definition) is 11. The fourth-order valence-corrected chi connectivity index (χ4v) is 5.31. The van der Waals surface area contributed by atoms with E-state index in [0.29, 0.717) is 39.9 Å². The maximum atomic E-state index is 13.7. The minimum absolute atomic E-state index is 0.0240. The topological polar surface area (TPSA) is 159 Å². The number of aliphatic hydroxyl groups excluding tert-OH is 4. The fourth-order valence-electron chi connectivity index (χ4n) is 4.61. The van der Waals surface area contributed by atoms with Crippen molar-refractivity contribution in [1.82, 2.24) is 25.0 Å². The number of nitrogens with one attached hydrogen (secondary N) is 1. The molecular formula is C23H28F2N6O5S. The van der Waals surface area contributed by atoms with Gasteiger partial charge in [0.05, 0.1) is 31.5 Å². The van der Waals surface area contributed by atoms with E-state index in [0.717, 1.165) is 6.07 Å². The van der Waals surface area contributed by atoms with Crippen LogP contribution in [0.4, 0.5) is 14.6 Å². The van der Waals surface area contributed by atoms with Gasteiger partial charge < -0.3 is 30.5 Å². The highest BCUT2D eigenvalue weighted by Gasteiger charge is 2.45. The first-order valence-corrected chi connectivity index (χ1v) is 13.0. The molecule has 2 saturated carbocycles. The van der Waals surface area contributed by atoms with Crippen molar-refractivity contribution < 1.29 is 33.9 Å². The summed E-state index contributed by atoms with van der Waals surface area (Å²) in [5, 5.41) is 52.0. The maximum Gasteiger partial charge on any atom is 0.191 e. The first-order chi connectivity index (χ1) is 17.8. The highest BCUT2D eigenvalue weighted by Crippen LogP contribution is 2.44. The van der Waals surface area contributed by atoms with Crippen LogP contribution in [0.3, 0.4) is 0 Å². The van der Waals surface area contributed by atoms with Gasteiger partial charge in [0.15, 0.2) is 33.8 Å². The first-order valence-electron chi connectivity index (χ1n) is 12.0. The summed E-state index contributed by atoms with van der Waals surface area (Å²) in [6, 6.07) is 3.08. The number of benzene rings is 1. The van der Waals surface area contributed by atoms with E-state index in [9.17, 15) is 24.1 Å². The fraction of sp³-hybridized carbons (Fsp3) is 0.565. The van der Waals surface area contributed by atoms with Crippen LogP contribution in [-0.2, 0) is 4.74 Å². The third kappa shape index (κ3) is 5.40. The normalized spacial score (nSPS) is 28.1. The van der Waals surface area contributed by atoms with Crippen LogP contribution >= 0.6 is 11.8 Å². The molecule has 200 valence electrons. The van der Waals surface area contributed by atoms with Gasteiger partial charge in [0, 0.05) is 24.1 Å². The molecule has 7 atom stereocenters. The molecule has 0 bridgehead atoms. The van der Waals surface area contributed by atoms with Gasteiger partial charge >= 0.3 is 0 Å². The second kappa shape index (κ2) is 10.7. The Labute approximate surface area is 214 Å². The van der Waals surface area contributed by atoms with Crippen LogP contribution in [0.15, 0.2) is 23.4 Å². The molecule has 2 heterocycles. The quantitative estimate of drug-likeness (QED) is 0.185. The van der Waals surface area contributed by atoms with Gasteiger partial charge in [0.25, 0.3) is 0 Å². The molecule has 0 aliphatic heterocycles. The summed E-state index contributed by atoms with van der Waals surface area (Å²) in [6.45, 7) is 1.46. The van der Waals surface area contributed by atoms with E-state index in [4.69, 9.17) is 9.84 Å². The van der Waals surface area contributed by atoms with Crippen molar-refractivity contribution in [2.45, 2.75) is 67.3 Å². The number of ether oxygens (including phenoxy) is 1. The van der Waals surface area contributed by atoms with Gasteiger partial charge in [-0.3, -0.25) is 0 Å². The Hall–Kier alpha value is -2.49. The number of fused-ring (bicyclic) bond motifs is 1. The Balaban J connectivity index is 1.43. The highest BCUT2D eigenvalue weighted by molar-refractivity contribution is 7.99. The lowest BCUT2D eigenvalue weighted by Crippen LogP contribution is -2.33. The molecule has 0 radical (unpaired) electrons. The zero-order valence-corrected chi connectivity index (χ0v) is 20.7. The molecule has 0 spiro atoms. The molecular weight excluding hydrogens is 510 g/mol. The van der Waals surface area contributed by atoms with Gasteiger partial charge in [0.2, 0.25) is 0 Å². The second-order valence-electron chi connectivity index (χ2n) is 9.40. The Morgan fingerprint density at radius 3 is 2.73 bits per heavy atom. The van der Waals surface area contributed by atoms with Crippen LogP contribution in [-0.4, -0.2) is 94.8 Å². The molecule has 0 amide bonds. The largest absolute Gasteiger partial charge is 0.394 e. The molecule has 37 heavy (non-hydrogen) atoms. The number of thioether (sulfide) groups is 1. The Morgan fingerprint density at radius 2 is 2.00 bits per heavy atom. The SMILES string of the molecule is CC(O)CSc1nc(N[C@@H]2C[C@H]2c2ccc(F)c(F)c2)c2nnn([C@@H]3C[C@H](OCCO)[C@@H](O)[C@H]3O)c2n1. The summed E-state index contributed by atoms with van der Waals surface area (Å²) in [4.78, 5) is 9.12. The molecule has 2 fully saturated rings. The van der Waals surface area contributed by atoms with Crippen molar-refractivity contribution in [2.24, 2.45) is 0 Å². The van der Waals surface area contributed by atoms with Crippen LogP contribution in [0, 0.1) is 11.6 Å². The van der Waals surface area contributed by atoms with E-state index in [2.05, 4.69) is 25.6 Å². The van der Waals surface area contributed by atoms with Crippen molar-refractivity contribution in [2.75, 3.05) is 24.3 Å². The van der Waals surface area contributed by atoms with Crippen LogP contribution < -0.4 is 5.32 Å². The van der Waals surface area contributed by atoms with E-state index in [1.165, 1.54) is 22.5 Å². The summed E-state index contributed by atoms with van der Waals surface area (Å²) in [5.41, 5.74) is 1.35.